The number of piperidine rings is 1. The number of fused-ring (bicyclic) bond motifs is 1. The lowest BCUT2D eigenvalue weighted by Crippen LogP contribution is -2.56. The highest BCUT2D eigenvalue weighted by Crippen LogP contribution is 2.30. The van der Waals surface area contributed by atoms with Crippen LogP contribution in [0, 0.1) is 20.8 Å². The molecule has 1 fully saturated rings. The molecule has 2 unspecified atom stereocenters. The fourth-order valence-electron chi connectivity index (χ4n) is 5.70. The Kier molecular flexibility index (Phi) is 10.1. The molecule has 0 radical (unpaired) electrons. The first-order chi connectivity index (χ1) is 20.8. The lowest BCUT2D eigenvalue weighted by atomic mass is 10.00. The monoisotopic (exact) mass is 624 g/mol. The number of rotatable bonds is 11. The molecule has 2 heterocycles. The fraction of sp³-hybridized carbons (Fsp3) is 0.419. The largest absolute Gasteiger partial charge is 0.496 e. The third-order valence-electron chi connectivity index (χ3n) is 8.07. The molecule has 1 saturated heterocycles. The fourth-order valence-corrected chi connectivity index (χ4v) is 7.42. The van der Waals surface area contributed by atoms with E-state index in [4.69, 9.17) is 16.2 Å². The first-order valence-corrected chi connectivity index (χ1v) is 16.0. The molecular weight excluding hydrogens is 584 g/mol. The first-order valence-electron chi connectivity index (χ1n) is 14.5. The van der Waals surface area contributed by atoms with E-state index in [0.29, 0.717) is 41.3 Å². The molecule has 13 heteroatoms. The molecule has 12 nitrogen and oxygen atoms in total. The van der Waals surface area contributed by atoms with Crippen molar-refractivity contribution in [2.24, 2.45) is 5.73 Å². The van der Waals surface area contributed by atoms with Crippen molar-refractivity contribution in [2.45, 2.75) is 69.9 Å². The molecule has 0 bridgehead atoms. The minimum absolute atomic E-state index is 0.0241. The van der Waals surface area contributed by atoms with Crippen molar-refractivity contribution < 1.29 is 27.5 Å². The zero-order valence-corrected chi connectivity index (χ0v) is 26.3. The van der Waals surface area contributed by atoms with Gasteiger partial charge in [-0.3, -0.25) is 14.4 Å². The lowest BCUT2D eigenvalue weighted by Gasteiger charge is -2.31. The highest BCUT2D eigenvalue weighted by Gasteiger charge is 2.34. The van der Waals surface area contributed by atoms with Gasteiger partial charge in [-0.25, -0.2) is 13.4 Å². The highest BCUT2D eigenvalue weighted by molar-refractivity contribution is 7.89. The van der Waals surface area contributed by atoms with Crippen molar-refractivity contribution >= 4 is 44.3 Å². The van der Waals surface area contributed by atoms with Crippen LogP contribution in [0.3, 0.4) is 0 Å². The Morgan fingerprint density at radius 3 is 2.39 bits per heavy atom. The van der Waals surface area contributed by atoms with Gasteiger partial charge in [-0.15, -0.1) is 0 Å². The van der Waals surface area contributed by atoms with Crippen molar-refractivity contribution in [3.8, 4) is 5.75 Å². The van der Waals surface area contributed by atoms with Crippen molar-refractivity contribution in [3.05, 3.63) is 58.8 Å². The SMILES string of the molecule is COc1cc(C)c(S(=O)(=O)NC(CC(N)=O)C(=O)NC(Cc2ccc3c(N)nccc3c2)C(=O)N2CCCCC2)c(C)c1C. The first kappa shape index (κ1) is 32.7. The number of sulfonamides is 1. The second-order valence-corrected chi connectivity index (χ2v) is 12.9. The van der Waals surface area contributed by atoms with Crippen LogP contribution in [0.2, 0.25) is 0 Å². The van der Waals surface area contributed by atoms with Gasteiger partial charge in [0.2, 0.25) is 27.7 Å². The molecule has 6 N–H and O–H groups in total. The minimum Gasteiger partial charge on any atom is -0.496 e. The number of aryl methyl sites for hydroxylation is 1. The molecule has 2 aromatic carbocycles. The molecule has 3 amide bonds. The summed E-state index contributed by atoms with van der Waals surface area (Å²) >= 11 is 0. The van der Waals surface area contributed by atoms with E-state index in [1.165, 1.54) is 7.11 Å². The number of nitrogens with two attached hydrogens (primary N) is 2. The smallest absolute Gasteiger partial charge is 0.245 e. The normalized spacial score (nSPS) is 15.0. The molecule has 1 aliphatic rings. The topological polar surface area (TPSA) is 187 Å². The number of anilines is 1. The maximum atomic E-state index is 13.7. The maximum absolute atomic E-state index is 13.7. The Hall–Kier alpha value is -4.23. The molecule has 1 aromatic heterocycles. The number of amides is 3. The second-order valence-electron chi connectivity index (χ2n) is 11.2. The van der Waals surface area contributed by atoms with Gasteiger partial charge < -0.3 is 26.4 Å². The maximum Gasteiger partial charge on any atom is 0.245 e. The summed E-state index contributed by atoms with van der Waals surface area (Å²) in [6, 6.07) is 6.31. The van der Waals surface area contributed by atoms with E-state index in [1.807, 2.05) is 18.2 Å². The zero-order chi connectivity index (χ0) is 32.2. The Labute approximate surface area is 257 Å². The summed E-state index contributed by atoms with van der Waals surface area (Å²) in [6.45, 7) is 6.10. The lowest BCUT2D eigenvalue weighted by molar-refractivity contribution is -0.137. The van der Waals surface area contributed by atoms with E-state index in [-0.39, 0.29) is 17.2 Å². The van der Waals surface area contributed by atoms with Crippen molar-refractivity contribution in [2.75, 3.05) is 25.9 Å². The Morgan fingerprint density at radius 1 is 1.02 bits per heavy atom. The van der Waals surface area contributed by atoms with Crippen molar-refractivity contribution in [1.29, 1.82) is 0 Å². The van der Waals surface area contributed by atoms with Crippen LogP contribution in [0.25, 0.3) is 10.8 Å². The van der Waals surface area contributed by atoms with Gasteiger partial charge in [0, 0.05) is 31.1 Å². The van der Waals surface area contributed by atoms with Gasteiger partial charge in [-0.1, -0.05) is 18.2 Å². The molecular formula is C31H40N6O6S. The summed E-state index contributed by atoms with van der Waals surface area (Å²) in [7, 11) is -2.82. The number of benzene rings is 2. The molecule has 2 atom stereocenters. The predicted octanol–water partition coefficient (Wildman–Crippen LogP) is 2.01. The van der Waals surface area contributed by atoms with Gasteiger partial charge in [0.05, 0.1) is 18.4 Å². The van der Waals surface area contributed by atoms with E-state index in [9.17, 15) is 22.8 Å². The van der Waals surface area contributed by atoms with Crippen LogP contribution in [0.1, 0.15) is 47.9 Å². The van der Waals surface area contributed by atoms with Gasteiger partial charge in [0.25, 0.3) is 0 Å². The number of hydrogen-bond donors (Lipinski definition) is 4. The summed E-state index contributed by atoms with van der Waals surface area (Å²) in [5.74, 6) is -1.10. The second kappa shape index (κ2) is 13.6. The molecule has 0 saturated carbocycles. The van der Waals surface area contributed by atoms with Crippen LogP contribution < -0.4 is 26.2 Å². The van der Waals surface area contributed by atoms with Crippen LogP contribution in [-0.4, -0.2) is 68.3 Å². The Bertz CT molecular complexity index is 1690. The number of pyridine rings is 1. The number of ether oxygens (including phenoxy) is 1. The summed E-state index contributed by atoms with van der Waals surface area (Å²) in [4.78, 5) is 45.2. The molecule has 4 rings (SSSR count). The highest BCUT2D eigenvalue weighted by atomic mass is 32.2. The quantitative estimate of drug-likeness (QED) is 0.249. The summed E-state index contributed by atoms with van der Waals surface area (Å²) in [5, 5.41) is 4.32. The molecule has 0 aliphatic carbocycles. The number of aromatic nitrogens is 1. The average Bonchev–Trinajstić information content (AvgIpc) is 2.98. The van der Waals surface area contributed by atoms with Gasteiger partial charge in [0.15, 0.2) is 0 Å². The van der Waals surface area contributed by atoms with E-state index in [1.54, 1.807) is 44.0 Å². The van der Waals surface area contributed by atoms with E-state index >= 15 is 0 Å². The molecule has 0 spiro atoms. The average molecular weight is 625 g/mol. The number of carbonyl (C=O) groups is 3. The number of nitrogens with zero attached hydrogens (tertiary/aromatic N) is 2. The van der Waals surface area contributed by atoms with Gasteiger partial charge >= 0.3 is 0 Å². The van der Waals surface area contributed by atoms with Crippen LogP contribution in [0.5, 0.6) is 5.75 Å². The van der Waals surface area contributed by atoms with E-state index < -0.39 is 40.3 Å². The zero-order valence-electron chi connectivity index (χ0n) is 25.5. The minimum atomic E-state index is -4.31. The van der Waals surface area contributed by atoms with Gasteiger partial charge in [-0.2, -0.15) is 4.72 Å². The summed E-state index contributed by atoms with van der Waals surface area (Å²) in [5.41, 5.74) is 13.7. The summed E-state index contributed by atoms with van der Waals surface area (Å²) in [6.07, 6.45) is 3.81. The number of likely N-dealkylation sites (tertiary alicyclic amines) is 1. The third-order valence-corrected chi connectivity index (χ3v) is 9.83. The Balaban J connectivity index is 1.65. The molecule has 1 aliphatic heterocycles. The summed E-state index contributed by atoms with van der Waals surface area (Å²) < 4.78 is 35.0. The van der Waals surface area contributed by atoms with Gasteiger partial charge in [-0.05, 0) is 79.8 Å². The number of methoxy groups -OCH3 is 1. The molecule has 236 valence electrons. The number of hydrogen-bond acceptors (Lipinski definition) is 8. The van der Waals surface area contributed by atoms with Crippen LogP contribution in [0.4, 0.5) is 5.82 Å². The standard InChI is InChI=1S/C31H40N6O6S/c1-18-14-26(43-4)19(2)20(3)28(18)44(41,42)36-24(17-27(32)38)30(39)35-25(31(40)37-12-6-5-7-13-37)16-21-8-9-23-22(15-21)10-11-34-29(23)33/h8-11,14-15,24-25,36H,5-7,12-13,16-17H2,1-4H3,(H2,32,38)(H2,33,34)(H,35,39). The number of carbonyl (C=O) groups excluding carboxylic acids is 3. The third kappa shape index (κ3) is 7.28. The van der Waals surface area contributed by atoms with Crippen molar-refractivity contribution in [3.63, 3.8) is 0 Å². The number of primary amides is 1. The predicted molar refractivity (Wildman–Crippen MR) is 167 cm³/mol. The van der Waals surface area contributed by atoms with Crippen molar-refractivity contribution in [1.82, 2.24) is 19.9 Å². The van der Waals surface area contributed by atoms with Crippen LogP contribution in [0.15, 0.2) is 41.4 Å². The van der Waals surface area contributed by atoms with Crippen LogP contribution in [-0.2, 0) is 30.8 Å². The van der Waals surface area contributed by atoms with E-state index in [0.717, 1.165) is 35.6 Å². The molecule has 44 heavy (non-hydrogen) atoms. The Morgan fingerprint density at radius 2 is 1.73 bits per heavy atom. The van der Waals surface area contributed by atoms with Gasteiger partial charge in [0.1, 0.15) is 23.7 Å². The van der Waals surface area contributed by atoms with E-state index in [2.05, 4.69) is 15.0 Å². The number of nitrogens with one attached hydrogen (secondary N) is 2. The van der Waals surface area contributed by atoms with Crippen LogP contribution >= 0.6 is 0 Å². The number of nitrogen functional groups attached to an aromatic ring is 1. The molecule has 3 aromatic rings.